The van der Waals surface area contributed by atoms with Crippen LogP contribution in [0.3, 0.4) is 0 Å². The molecular weight excluding hydrogens is 264 g/mol. The predicted molar refractivity (Wildman–Crippen MR) is 79.4 cm³/mol. The molecule has 0 saturated carbocycles. The maximum absolute atomic E-state index is 12.2. The van der Waals surface area contributed by atoms with E-state index in [0.29, 0.717) is 6.54 Å². The molecule has 0 aliphatic carbocycles. The minimum absolute atomic E-state index is 0.00637. The first-order valence-corrected chi connectivity index (χ1v) is 7.08. The Kier molecular flexibility index (Phi) is 3.92. The Labute approximate surface area is 123 Å². The van der Waals surface area contributed by atoms with Gasteiger partial charge in [-0.3, -0.25) is 14.8 Å². The number of carbonyl (C=O) groups excluding carboxylic acids is 1. The highest BCUT2D eigenvalue weighted by atomic mass is 16.2. The lowest BCUT2D eigenvalue weighted by Crippen LogP contribution is -2.47. The summed E-state index contributed by atoms with van der Waals surface area (Å²) in [5.41, 5.74) is 4.15. The van der Waals surface area contributed by atoms with Crippen molar-refractivity contribution in [3.05, 3.63) is 59.2 Å². The summed E-state index contributed by atoms with van der Waals surface area (Å²) >= 11 is 0. The molecule has 5 heteroatoms. The van der Waals surface area contributed by atoms with Gasteiger partial charge in [0.05, 0.1) is 30.2 Å². The minimum atomic E-state index is -0.182. The number of aromatic nitrogens is 2. The van der Waals surface area contributed by atoms with E-state index in [4.69, 9.17) is 0 Å². The van der Waals surface area contributed by atoms with Gasteiger partial charge in [-0.15, -0.1) is 0 Å². The molecule has 0 radical (unpaired) electrons. The number of amides is 1. The van der Waals surface area contributed by atoms with E-state index < -0.39 is 0 Å². The molecule has 1 aliphatic heterocycles. The third kappa shape index (κ3) is 3.25. The Morgan fingerprint density at radius 3 is 2.86 bits per heavy atom. The van der Waals surface area contributed by atoms with Crippen molar-refractivity contribution in [1.82, 2.24) is 20.6 Å². The van der Waals surface area contributed by atoms with Gasteiger partial charge in [0.25, 0.3) is 0 Å². The standard InChI is InChI=1S/C16H18N4O/c1-11-7-18-14(9-17-11)10-20-16(21)15-6-12-4-2-3-5-13(12)8-19-15/h2-5,7,9,15,19H,6,8,10H2,1H3,(H,20,21)/t15-/m1/s1. The summed E-state index contributed by atoms with van der Waals surface area (Å²) in [5, 5.41) is 6.19. The summed E-state index contributed by atoms with van der Waals surface area (Å²) in [6.45, 7) is 3.03. The molecule has 108 valence electrons. The number of benzene rings is 1. The molecule has 0 spiro atoms. The number of fused-ring (bicyclic) bond motifs is 1. The summed E-state index contributed by atoms with van der Waals surface area (Å²) in [6.07, 6.45) is 4.12. The molecule has 3 rings (SSSR count). The fraction of sp³-hybridized carbons (Fsp3) is 0.312. The van der Waals surface area contributed by atoms with Gasteiger partial charge in [0, 0.05) is 12.7 Å². The first kappa shape index (κ1) is 13.7. The zero-order valence-corrected chi connectivity index (χ0v) is 12.0. The number of nitrogens with one attached hydrogen (secondary N) is 2. The van der Waals surface area contributed by atoms with Gasteiger partial charge >= 0.3 is 0 Å². The maximum atomic E-state index is 12.2. The molecule has 0 saturated heterocycles. The molecule has 1 aromatic carbocycles. The molecule has 1 aliphatic rings. The lowest BCUT2D eigenvalue weighted by molar-refractivity contribution is -0.123. The van der Waals surface area contributed by atoms with Crippen LogP contribution in [0.5, 0.6) is 0 Å². The highest BCUT2D eigenvalue weighted by Gasteiger charge is 2.23. The Morgan fingerprint density at radius 1 is 1.29 bits per heavy atom. The van der Waals surface area contributed by atoms with Crippen LogP contribution in [0.15, 0.2) is 36.7 Å². The van der Waals surface area contributed by atoms with Crippen LogP contribution in [0.2, 0.25) is 0 Å². The van der Waals surface area contributed by atoms with Crippen molar-refractivity contribution in [3.8, 4) is 0 Å². The van der Waals surface area contributed by atoms with Crippen LogP contribution < -0.4 is 10.6 Å². The summed E-state index contributed by atoms with van der Waals surface area (Å²) in [4.78, 5) is 20.6. The number of nitrogens with zero attached hydrogens (tertiary/aromatic N) is 2. The average molecular weight is 282 g/mol. The van der Waals surface area contributed by atoms with Crippen LogP contribution in [-0.4, -0.2) is 21.9 Å². The number of aryl methyl sites for hydroxylation is 1. The maximum Gasteiger partial charge on any atom is 0.237 e. The molecule has 0 fully saturated rings. The topological polar surface area (TPSA) is 66.9 Å². The monoisotopic (exact) mass is 282 g/mol. The van der Waals surface area contributed by atoms with Crippen molar-refractivity contribution < 1.29 is 4.79 Å². The largest absolute Gasteiger partial charge is 0.349 e. The van der Waals surface area contributed by atoms with Crippen LogP contribution in [0.25, 0.3) is 0 Å². The van der Waals surface area contributed by atoms with Crippen LogP contribution in [0, 0.1) is 6.92 Å². The highest BCUT2D eigenvalue weighted by molar-refractivity contribution is 5.82. The van der Waals surface area contributed by atoms with E-state index in [1.807, 2.05) is 19.1 Å². The second-order valence-electron chi connectivity index (χ2n) is 5.27. The molecule has 2 aromatic rings. The van der Waals surface area contributed by atoms with Gasteiger partial charge in [-0.05, 0) is 24.5 Å². The molecule has 2 N–H and O–H groups in total. The molecule has 2 heterocycles. The van der Waals surface area contributed by atoms with Crippen LogP contribution in [0.1, 0.15) is 22.5 Å². The lowest BCUT2D eigenvalue weighted by atomic mass is 9.95. The van der Waals surface area contributed by atoms with E-state index >= 15 is 0 Å². The Hall–Kier alpha value is -2.27. The van der Waals surface area contributed by atoms with Crippen molar-refractivity contribution in [2.75, 3.05) is 0 Å². The number of rotatable bonds is 3. The first-order valence-electron chi connectivity index (χ1n) is 7.08. The quantitative estimate of drug-likeness (QED) is 0.885. The van der Waals surface area contributed by atoms with Crippen molar-refractivity contribution in [1.29, 1.82) is 0 Å². The molecule has 0 unspecified atom stereocenters. The van der Waals surface area contributed by atoms with E-state index in [0.717, 1.165) is 24.4 Å². The second-order valence-corrected chi connectivity index (χ2v) is 5.27. The molecular formula is C16H18N4O. The predicted octanol–water partition coefficient (Wildman–Crippen LogP) is 1.12. The van der Waals surface area contributed by atoms with Gasteiger partial charge in [-0.25, -0.2) is 0 Å². The number of hydrogen-bond donors (Lipinski definition) is 2. The smallest absolute Gasteiger partial charge is 0.237 e. The van der Waals surface area contributed by atoms with Gasteiger partial charge in [0.1, 0.15) is 0 Å². The first-order chi connectivity index (χ1) is 10.2. The van der Waals surface area contributed by atoms with E-state index in [9.17, 15) is 4.79 Å². The summed E-state index contributed by atoms with van der Waals surface area (Å²) < 4.78 is 0. The van der Waals surface area contributed by atoms with Gasteiger partial charge < -0.3 is 10.6 Å². The average Bonchev–Trinajstić information content (AvgIpc) is 2.53. The summed E-state index contributed by atoms with van der Waals surface area (Å²) in [5.74, 6) is 0.00637. The van der Waals surface area contributed by atoms with Gasteiger partial charge in [0.2, 0.25) is 5.91 Å². The third-order valence-electron chi connectivity index (χ3n) is 3.68. The fourth-order valence-electron chi connectivity index (χ4n) is 2.45. The van der Waals surface area contributed by atoms with E-state index in [-0.39, 0.29) is 11.9 Å². The van der Waals surface area contributed by atoms with Crippen molar-refractivity contribution in [2.24, 2.45) is 0 Å². The number of carbonyl (C=O) groups is 1. The van der Waals surface area contributed by atoms with Crippen LogP contribution >= 0.6 is 0 Å². The second kappa shape index (κ2) is 6.01. The fourth-order valence-corrected chi connectivity index (χ4v) is 2.45. The van der Waals surface area contributed by atoms with Gasteiger partial charge in [-0.1, -0.05) is 24.3 Å². The third-order valence-corrected chi connectivity index (χ3v) is 3.68. The van der Waals surface area contributed by atoms with Crippen molar-refractivity contribution in [2.45, 2.75) is 32.5 Å². The van der Waals surface area contributed by atoms with Crippen LogP contribution in [-0.2, 0) is 24.3 Å². The highest BCUT2D eigenvalue weighted by Crippen LogP contribution is 2.16. The molecule has 1 amide bonds. The Balaban J connectivity index is 1.58. The van der Waals surface area contributed by atoms with Crippen LogP contribution in [0.4, 0.5) is 0 Å². The molecule has 1 aromatic heterocycles. The zero-order chi connectivity index (χ0) is 14.7. The minimum Gasteiger partial charge on any atom is -0.349 e. The lowest BCUT2D eigenvalue weighted by Gasteiger charge is -2.25. The molecule has 0 bridgehead atoms. The summed E-state index contributed by atoms with van der Waals surface area (Å²) in [7, 11) is 0. The SMILES string of the molecule is Cc1cnc(CNC(=O)[C@H]2Cc3ccccc3CN2)cn1. The Morgan fingerprint density at radius 2 is 2.10 bits per heavy atom. The molecule has 5 nitrogen and oxygen atoms in total. The molecule has 21 heavy (non-hydrogen) atoms. The molecule has 1 atom stereocenters. The van der Waals surface area contributed by atoms with E-state index in [1.165, 1.54) is 11.1 Å². The Bertz CT molecular complexity index is 639. The normalized spacial score (nSPS) is 17.1. The van der Waals surface area contributed by atoms with E-state index in [1.54, 1.807) is 12.4 Å². The van der Waals surface area contributed by atoms with Gasteiger partial charge in [0.15, 0.2) is 0 Å². The zero-order valence-electron chi connectivity index (χ0n) is 12.0. The van der Waals surface area contributed by atoms with Crippen molar-refractivity contribution in [3.63, 3.8) is 0 Å². The summed E-state index contributed by atoms with van der Waals surface area (Å²) in [6, 6.07) is 8.04. The van der Waals surface area contributed by atoms with Crippen molar-refractivity contribution >= 4 is 5.91 Å². The van der Waals surface area contributed by atoms with Gasteiger partial charge in [-0.2, -0.15) is 0 Å². The van der Waals surface area contributed by atoms with E-state index in [2.05, 4.69) is 32.7 Å². The number of hydrogen-bond acceptors (Lipinski definition) is 4.